The number of phenolic OH excluding ortho intramolecular Hbond substituents is 2. The molecule has 3 aromatic carbocycles. The van der Waals surface area contributed by atoms with Crippen LogP contribution in [-0.2, 0) is 10.3 Å². The van der Waals surface area contributed by atoms with Crippen molar-refractivity contribution in [2.75, 3.05) is 14.2 Å². The molecule has 1 unspecified atom stereocenters. The van der Waals surface area contributed by atoms with Gasteiger partial charge in [-0.25, -0.2) is 9.59 Å². The molecular formula is C23H12Cl4O9. The maximum atomic E-state index is 13.4. The smallest absolute Gasteiger partial charge is 0.341 e. The van der Waals surface area contributed by atoms with Crippen LogP contribution in [0, 0.1) is 0 Å². The van der Waals surface area contributed by atoms with Crippen LogP contribution in [0.25, 0.3) is 0 Å². The lowest BCUT2D eigenvalue weighted by atomic mass is 9.76. The minimum atomic E-state index is -2.08. The van der Waals surface area contributed by atoms with E-state index in [9.17, 15) is 24.9 Å². The summed E-state index contributed by atoms with van der Waals surface area (Å²) in [5.74, 6) is -4.16. The molecule has 0 bridgehead atoms. The van der Waals surface area contributed by atoms with Crippen molar-refractivity contribution in [1.82, 2.24) is 0 Å². The summed E-state index contributed by atoms with van der Waals surface area (Å²) in [4.78, 5) is 25.6. The minimum Gasteiger partial charge on any atom is -0.506 e. The highest BCUT2D eigenvalue weighted by atomic mass is 35.5. The lowest BCUT2D eigenvalue weighted by Gasteiger charge is -2.38. The molecule has 0 aromatic heterocycles. The van der Waals surface area contributed by atoms with Crippen molar-refractivity contribution in [2.24, 2.45) is 0 Å². The first-order valence-corrected chi connectivity index (χ1v) is 11.4. The van der Waals surface area contributed by atoms with Gasteiger partial charge in [0, 0.05) is 17.2 Å². The quantitative estimate of drug-likeness (QED) is 0.323. The Balaban J connectivity index is 2.07. The lowest BCUT2D eigenvalue weighted by Crippen LogP contribution is -2.34. The average Bonchev–Trinajstić information content (AvgIpc) is 3.14. The zero-order chi connectivity index (χ0) is 26.3. The molecule has 13 heteroatoms. The number of aromatic carboxylic acids is 1. The Hall–Kier alpha value is -3.24. The van der Waals surface area contributed by atoms with E-state index in [2.05, 4.69) is 0 Å². The number of aromatic hydroxyl groups is 2. The van der Waals surface area contributed by atoms with Gasteiger partial charge in [0.1, 0.15) is 32.9 Å². The van der Waals surface area contributed by atoms with E-state index < -0.39 is 33.9 Å². The number of fused-ring (bicyclic) bond motifs is 6. The molecule has 2 heterocycles. The molecule has 3 aromatic rings. The van der Waals surface area contributed by atoms with E-state index in [0.29, 0.717) is 0 Å². The fraction of sp³-hybridized carbons (Fsp3) is 0.130. The molecule has 0 radical (unpaired) electrons. The molecule has 9 nitrogen and oxygen atoms in total. The molecule has 0 saturated carbocycles. The second-order valence-electron chi connectivity index (χ2n) is 7.66. The van der Waals surface area contributed by atoms with E-state index in [-0.39, 0.29) is 66.1 Å². The number of hydrogen-bond acceptors (Lipinski definition) is 8. The zero-order valence-electron chi connectivity index (χ0n) is 18.0. The van der Waals surface area contributed by atoms with Crippen molar-refractivity contribution in [3.63, 3.8) is 0 Å². The summed E-state index contributed by atoms with van der Waals surface area (Å²) in [6, 6.07) is 3.72. The summed E-state index contributed by atoms with van der Waals surface area (Å²) < 4.78 is 22.5. The van der Waals surface area contributed by atoms with E-state index >= 15 is 0 Å². The monoisotopic (exact) mass is 572 g/mol. The molecule has 0 fully saturated rings. The Morgan fingerprint density at radius 1 is 0.917 bits per heavy atom. The summed E-state index contributed by atoms with van der Waals surface area (Å²) in [6.07, 6.45) is 0. The number of esters is 1. The molecule has 186 valence electrons. The number of rotatable bonds is 3. The molecule has 0 aliphatic carbocycles. The van der Waals surface area contributed by atoms with E-state index in [0.717, 1.165) is 6.07 Å². The first-order chi connectivity index (χ1) is 17.0. The van der Waals surface area contributed by atoms with Gasteiger partial charge in [0.2, 0.25) is 5.60 Å². The number of carboxylic acids is 1. The third-order valence-corrected chi connectivity index (χ3v) is 7.42. The number of phenols is 2. The summed E-state index contributed by atoms with van der Waals surface area (Å²) in [6.45, 7) is 0. The molecule has 2 aliphatic heterocycles. The van der Waals surface area contributed by atoms with Gasteiger partial charge < -0.3 is 34.3 Å². The van der Waals surface area contributed by atoms with Gasteiger partial charge in [-0.1, -0.05) is 46.4 Å². The highest BCUT2D eigenvalue weighted by Crippen LogP contribution is 2.65. The van der Waals surface area contributed by atoms with E-state index in [1.54, 1.807) is 0 Å². The number of carboxylic acid groups (broad SMARTS) is 1. The van der Waals surface area contributed by atoms with Gasteiger partial charge in [-0.2, -0.15) is 0 Å². The van der Waals surface area contributed by atoms with Gasteiger partial charge in [0.25, 0.3) is 0 Å². The predicted molar refractivity (Wildman–Crippen MR) is 128 cm³/mol. The van der Waals surface area contributed by atoms with E-state index in [1.165, 1.54) is 26.4 Å². The van der Waals surface area contributed by atoms with Crippen LogP contribution in [-0.4, -0.2) is 41.5 Å². The summed E-state index contributed by atoms with van der Waals surface area (Å²) in [5.41, 5.74) is -3.06. The topological polar surface area (TPSA) is 132 Å². The Kier molecular flexibility index (Phi) is 5.53. The minimum absolute atomic E-state index is 0.0337. The lowest BCUT2D eigenvalue weighted by molar-refractivity contribution is 0.0217. The van der Waals surface area contributed by atoms with Gasteiger partial charge in [-0.05, 0) is 12.1 Å². The van der Waals surface area contributed by atoms with Crippen molar-refractivity contribution in [3.8, 4) is 34.5 Å². The van der Waals surface area contributed by atoms with Gasteiger partial charge in [0.05, 0.1) is 35.4 Å². The molecule has 5 rings (SSSR count). The van der Waals surface area contributed by atoms with Crippen molar-refractivity contribution in [3.05, 3.63) is 66.1 Å². The maximum Gasteiger partial charge on any atom is 0.341 e. The first-order valence-electron chi connectivity index (χ1n) is 9.86. The van der Waals surface area contributed by atoms with Crippen LogP contribution in [0.5, 0.6) is 34.5 Å². The van der Waals surface area contributed by atoms with Crippen LogP contribution in [0.3, 0.4) is 0 Å². The maximum absolute atomic E-state index is 13.4. The number of carbonyl (C=O) groups is 2. The molecule has 36 heavy (non-hydrogen) atoms. The molecule has 3 N–H and O–H groups in total. The van der Waals surface area contributed by atoms with Crippen molar-refractivity contribution < 1.29 is 43.9 Å². The van der Waals surface area contributed by atoms with Crippen LogP contribution in [0.4, 0.5) is 0 Å². The first kappa shape index (κ1) is 24.5. The number of methoxy groups -OCH3 is 2. The van der Waals surface area contributed by atoms with Crippen LogP contribution in [0.1, 0.15) is 37.4 Å². The molecule has 0 saturated heterocycles. The Morgan fingerprint density at radius 2 is 1.58 bits per heavy atom. The van der Waals surface area contributed by atoms with Crippen LogP contribution in [0.2, 0.25) is 20.1 Å². The second-order valence-corrected chi connectivity index (χ2v) is 9.17. The highest BCUT2D eigenvalue weighted by molar-refractivity contribution is 6.41. The molecule has 0 amide bonds. The van der Waals surface area contributed by atoms with Gasteiger partial charge in [0.15, 0.2) is 17.2 Å². The number of carbonyl (C=O) groups excluding carboxylic acids is 1. The standard InChI is InChI=1S/C23H12Cl4O9/c1-33-9-5-8(29)15(25)20-12(9)23(6-3-4-7(28)14(24)18(6)35-20)13-10(22(32)36-23)17(27)19(34-2)11(16(13)26)21(30)31/h3-5,28-29H,1-2H3,(H,30,31). The van der Waals surface area contributed by atoms with Crippen LogP contribution < -0.4 is 14.2 Å². The predicted octanol–water partition coefficient (Wildman–Crippen LogP) is 5.99. The number of benzene rings is 3. The van der Waals surface area contributed by atoms with Crippen LogP contribution in [0.15, 0.2) is 18.2 Å². The SMILES string of the molecule is COc1cc(O)c(Cl)c2c1C1(OC(=O)c3c(Cl)c(OC)c(C(=O)O)c(Cl)c31)c1ccc(O)c(Cl)c1O2. The van der Waals surface area contributed by atoms with Gasteiger partial charge >= 0.3 is 11.9 Å². The Bertz CT molecular complexity index is 1540. The molecular weight excluding hydrogens is 562 g/mol. The fourth-order valence-corrected chi connectivity index (χ4v) is 5.65. The number of hydrogen-bond donors (Lipinski definition) is 3. The third-order valence-electron chi connectivity index (χ3n) is 5.95. The molecule has 1 spiro atoms. The Morgan fingerprint density at radius 3 is 2.19 bits per heavy atom. The summed E-state index contributed by atoms with van der Waals surface area (Å²) in [5, 5.41) is 29.2. The van der Waals surface area contributed by atoms with Crippen molar-refractivity contribution >= 4 is 58.3 Å². The number of ether oxygens (including phenoxy) is 4. The number of halogens is 4. The third kappa shape index (κ3) is 2.91. The average molecular weight is 574 g/mol. The van der Waals surface area contributed by atoms with E-state index in [4.69, 9.17) is 65.4 Å². The van der Waals surface area contributed by atoms with E-state index in [1.807, 2.05) is 0 Å². The molecule has 2 aliphatic rings. The fourth-order valence-electron chi connectivity index (χ4n) is 4.53. The highest BCUT2D eigenvalue weighted by Gasteiger charge is 2.59. The van der Waals surface area contributed by atoms with Crippen molar-refractivity contribution in [2.45, 2.75) is 5.60 Å². The van der Waals surface area contributed by atoms with Crippen molar-refractivity contribution in [1.29, 1.82) is 0 Å². The molecule has 1 atom stereocenters. The summed E-state index contributed by atoms with van der Waals surface area (Å²) >= 11 is 25.9. The van der Waals surface area contributed by atoms with Gasteiger partial charge in [-0.3, -0.25) is 0 Å². The largest absolute Gasteiger partial charge is 0.506 e. The Labute approximate surface area is 222 Å². The zero-order valence-corrected chi connectivity index (χ0v) is 21.1. The summed E-state index contributed by atoms with van der Waals surface area (Å²) in [7, 11) is 2.44. The van der Waals surface area contributed by atoms with Gasteiger partial charge in [-0.15, -0.1) is 0 Å². The second kappa shape index (κ2) is 8.14. The van der Waals surface area contributed by atoms with Crippen LogP contribution >= 0.6 is 46.4 Å². The normalized spacial score (nSPS) is 17.1.